The second-order valence-electron chi connectivity index (χ2n) is 15.5. The number of aliphatic hydroxyl groups is 1. The van der Waals surface area contributed by atoms with Crippen LogP contribution in [0.25, 0.3) is 0 Å². The molecule has 3 aliphatic rings. The number of aryl methyl sites for hydroxylation is 2. The van der Waals surface area contributed by atoms with Crippen LogP contribution in [0, 0.1) is 5.92 Å². The summed E-state index contributed by atoms with van der Waals surface area (Å²) in [4.78, 5) is 32.3. The van der Waals surface area contributed by atoms with Gasteiger partial charge in [-0.25, -0.2) is 0 Å². The van der Waals surface area contributed by atoms with E-state index in [1.165, 1.54) is 5.19 Å². The van der Waals surface area contributed by atoms with Gasteiger partial charge in [0.2, 0.25) is 5.91 Å². The third kappa shape index (κ3) is 6.46. The lowest BCUT2D eigenvalue weighted by Crippen LogP contribution is -2.51. The zero-order valence-corrected chi connectivity index (χ0v) is 33.4. The van der Waals surface area contributed by atoms with Gasteiger partial charge < -0.3 is 19.5 Å². The Morgan fingerprint density at radius 1 is 0.982 bits per heavy atom. The topological polar surface area (TPSA) is 110 Å². The number of methoxy groups -OCH3 is 1. The fourth-order valence-electron chi connectivity index (χ4n) is 9.34. The van der Waals surface area contributed by atoms with Gasteiger partial charge in [0.05, 0.1) is 44.9 Å². The van der Waals surface area contributed by atoms with Gasteiger partial charge in [-0.2, -0.15) is 0 Å². The quantitative estimate of drug-likeness (QED) is 0.145. The highest BCUT2D eigenvalue weighted by atomic mass is 35.5. The molecule has 12 heteroatoms. The molecule has 0 saturated carbocycles. The summed E-state index contributed by atoms with van der Waals surface area (Å²) in [5, 5.41) is 19.8. The largest absolute Gasteiger partial charge is 0.497 e. The van der Waals surface area contributed by atoms with Gasteiger partial charge in [-0.05, 0) is 78.0 Å². The molecule has 5 aromatic rings. The molecule has 55 heavy (non-hydrogen) atoms. The molecule has 284 valence electrons. The van der Waals surface area contributed by atoms with Crippen LogP contribution in [-0.2, 0) is 45.9 Å². The van der Waals surface area contributed by atoms with E-state index in [1.807, 2.05) is 83.9 Å². The number of amides is 2. The van der Waals surface area contributed by atoms with Crippen molar-refractivity contribution in [1.29, 1.82) is 0 Å². The van der Waals surface area contributed by atoms with Crippen molar-refractivity contribution in [2.24, 2.45) is 5.92 Å². The third-order valence-corrected chi connectivity index (χ3v) is 16.6. The SMILES string of the molecule is COc1ccc([Si](C)(C)[C@@H]2[C@@H](CCn3cc(CCO)nn3)O[C@]3(C(=O)N(Cc4cccc(N5C(=O)CCc6ccccc65)c4)c4ccc(Cl)cc43)[C@H]2C)cc1. The molecule has 10 nitrogen and oxygen atoms in total. The van der Waals surface area contributed by atoms with Crippen LogP contribution in [0.15, 0.2) is 97.2 Å². The monoisotopic (exact) mass is 775 g/mol. The first-order chi connectivity index (χ1) is 26.5. The van der Waals surface area contributed by atoms with Crippen LogP contribution in [-0.4, -0.2) is 59.8 Å². The average molecular weight is 776 g/mol. The zero-order chi connectivity index (χ0) is 38.5. The van der Waals surface area contributed by atoms with E-state index in [-0.39, 0.29) is 36.0 Å². The Morgan fingerprint density at radius 3 is 2.56 bits per heavy atom. The molecule has 0 bridgehead atoms. The Labute approximate surface area is 327 Å². The van der Waals surface area contributed by atoms with Crippen LogP contribution in [0.3, 0.4) is 0 Å². The van der Waals surface area contributed by atoms with E-state index in [0.717, 1.165) is 51.6 Å². The van der Waals surface area contributed by atoms with Gasteiger partial charge >= 0.3 is 0 Å². The molecular formula is C43H46ClN5O5Si. The van der Waals surface area contributed by atoms with E-state index in [0.29, 0.717) is 37.4 Å². The fraction of sp³-hybridized carbons (Fsp3) is 0.349. The Bertz CT molecular complexity index is 2240. The van der Waals surface area contributed by atoms with E-state index in [1.54, 1.807) is 16.7 Å². The minimum atomic E-state index is -2.37. The summed E-state index contributed by atoms with van der Waals surface area (Å²) < 4.78 is 14.6. The minimum Gasteiger partial charge on any atom is -0.497 e. The smallest absolute Gasteiger partial charge is 0.264 e. The number of aromatic nitrogens is 3. The number of rotatable bonds is 11. The molecule has 1 saturated heterocycles. The molecule has 8 rings (SSSR count). The number of hydrogen-bond acceptors (Lipinski definition) is 7. The van der Waals surface area contributed by atoms with Crippen molar-refractivity contribution in [3.05, 3.63) is 125 Å². The predicted molar refractivity (Wildman–Crippen MR) is 216 cm³/mol. The average Bonchev–Trinajstić information content (AvgIpc) is 3.83. The third-order valence-electron chi connectivity index (χ3n) is 12.0. The first-order valence-electron chi connectivity index (χ1n) is 19.0. The zero-order valence-electron chi connectivity index (χ0n) is 31.6. The molecule has 0 aliphatic carbocycles. The number of nitrogens with zero attached hydrogens (tertiary/aromatic N) is 5. The highest BCUT2D eigenvalue weighted by Crippen LogP contribution is 2.60. The number of carbonyl (C=O) groups is 2. The van der Waals surface area contributed by atoms with Crippen molar-refractivity contribution in [2.45, 2.75) is 76.0 Å². The molecular weight excluding hydrogens is 730 g/mol. The van der Waals surface area contributed by atoms with Gasteiger partial charge in [0.25, 0.3) is 5.91 Å². The summed E-state index contributed by atoms with van der Waals surface area (Å²) in [5.74, 6) is 0.535. The molecule has 1 fully saturated rings. The molecule has 0 radical (unpaired) electrons. The van der Waals surface area contributed by atoms with Gasteiger partial charge in [-0.3, -0.25) is 19.2 Å². The maximum atomic E-state index is 15.3. The van der Waals surface area contributed by atoms with Crippen molar-refractivity contribution < 1.29 is 24.2 Å². The maximum Gasteiger partial charge on any atom is 0.264 e. The predicted octanol–water partition coefficient (Wildman–Crippen LogP) is 6.94. The second kappa shape index (κ2) is 14.7. The van der Waals surface area contributed by atoms with E-state index >= 15 is 4.79 Å². The van der Waals surface area contributed by atoms with Gasteiger partial charge in [0, 0.05) is 54.4 Å². The Kier molecular flexibility index (Phi) is 9.91. The Morgan fingerprint density at radius 2 is 1.78 bits per heavy atom. The summed E-state index contributed by atoms with van der Waals surface area (Å²) in [6.45, 7) is 7.74. The van der Waals surface area contributed by atoms with Crippen LogP contribution in [0.5, 0.6) is 5.75 Å². The van der Waals surface area contributed by atoms with Gasteiger partial charge in [0.15, 0.2) is 5.60 Å². The number of fused-ring (bicyclic) bond motifs is 3. The lowest BCUT2D eigenvalue weighted by atomic mass is 9.82. The lowest BCUT2D eigenvalue weighted by molar-refractivity contribution is -0.146. The van der Waals surface area contributed by atoms with Crippen LogP contribution in [0.4, 0.5) is 17.1 Å². The van der Waals surface area contributed by atoms with Gasteiger partial charge in [-0.1, -0.05) is 84.5 Å². The summed E-state index contributed by atoms with van der Waals surface area (Å²) in [6, 6.07) is 30.0. The van der Waals surface area contributed by atoms with Crippen molar-refractivity contribution in [3.63, 3.8) is 0 Å². The van der Waals surface area contributed by atoms with Gasteiger partial charge in [-0.15, -0.1) is 5.10 Å². The summed E-state index contributed by atoms with van der Waals surface area (Å²) >= 11 is 6.74. The standard InChI is InChI=1S/C43H46ClN5O5Si/c1-28-41(55(3,4)35-16-14-34(53-2)15-17-35)39(20-22-47-27-32(21-23-50)45-46-47)54-43(28)36-25-31(44)13-18-38(36)48(42(43)52)26-29-8-7-10-33(24-29)49-37-11-6-5-9-30(37)12-19-40(49)51/h5-11,13-18,24-25,27-28,39,41,50H,12,19-23,26H2,1-4H3/t28-,39+,41-,43+/m0/s1. The van der Waals surface area contributed by atoms with E-state index in [2.05, 4.69) is 48.5 Å². The summed E-state index contributed by atoms with van der Waals surface area (Å²) in [7, 11) is -0.701. The Balaban J connectivity index is 1.16. The fourth-order valence-corrected chi connectivity index (χ4v) is 13.6. The first-order valence-corrected chi connectivity index (χ1v) is 22.4. The van der Waals surface area contributed by atoms with E-state index in [4.69, 9.17) is 21.1 Å². The number of ether oxygens (including phenoxy) is 2. The normalized spacial score (nSPS) is 22.0. The molecule has 1 N–H and O–H groups in total. The van der Waals surface area contributed by atoms with Crippen molar-refractivity contribution in [2.75, 3.05) is 23.5 Å². The number of para-hydroxylation sites is 1. The molecule has 0 unspecified atom stereocenters. The Hall–Kier alpha value is -4.81. The van der Waals surface area contributed by atoms with E-state index in [9.17, 15) is 9.90 Å². The lowest BCUT2D eigenvalue weighted by Gasteiger charge is -2.37. The minimum absolute atomic E-state index is 0.00337. The molecule has 4 aromatic carbocycles. The number of anilines is 3. The number of hydrogen-bond donors (Lipinski definition) is 1. The van der Waals surface area contributed by atoms with Crippen LogP contribution in [0.2, 0.25) is 23.7 Å². The van der Waals surface area contributed by atoms with Crippen molar-refractivity contribution in [1.82, 2.24) is 15.0 Å². The number of halogens is 1. The first kappa shape index (κ1) is 37.1. The van der Waals surface area contributed by atoms with Crippen LogP contribution in [0.1, 0.15) is 42.1 Å². The number of carbonyl (C=O) groups excluding carboxylic acids is 2. The number of benzene rings is 4. The second-order valence-corrected chi connectivity index (χ2v) is 20.6. The molecule has 4 atom stereocenters. The highest BCUT2D eigenvalue weighted by molar-refractivity contribution is 6.91. The summed E-state index contributed by atoms with van der Waals surface area (Å²) in [5.41, 5.74) is 4.77. The maximum absolute atomic E-state index is 15.3. The van der Waals surface area contributed by atoms with Gasteiger partial charge in [0.1, 0.15) is 5.75 Å². The van der Waals surface area contributed by atoms with Crippen molar-refractivity contribution >= 4 is 53.7 Å². The van der Waals surface area contributed by atoms with E-state index < -0.39 is 13.7 Å². The van der Waals surface area contributed by atoms with Crippen molar-refractivity contribution in [3.8, 4) is 5.75 Å². The highest BCUT2D eigenvalue weighted by Gasteiger charge is 2.66. The molecule has 3 aliphatic heterocycles. The molecule has 4 heterocycles. The molecule has 2 amide bonds. The number of aliphatic hydroxyl groups excluding tert-OH is 1. The van der Waals surface area contributed by atoms with Crippen LogP contribution >= 0.6 is 11.6 Å². The van der Waals surface area contributed by atoms with Crippen LogP contribution < -0.4 is 19.7 Å². The summed E-state index contributed by atoms with van der Waals surface area (Å²) in [6.07, 6.45) is 3.79. The molecule has 1 aromatic heterocycles. The molecule has 1 spiro atoms.